The molecule has 4 atom stereocenters. The van der Waals surface area contributed by atoms with Crippen molar-refractivity contribution in [2.75, 3.05) is 15.1 Å². The van der Waals surface area contributed by atoms with Crippen LogP contribution in [0.5, 0.6) is 0 Å². The van der Waals surface area contributed by atoms with Crippen LogP contribution in [0.15, 0.2) is 78.9 Å². The molecule has 3 amide bonds. The topological polar surface area (TPSA) is 69.7 Å². The maximum absolute atomic E-state index is 13.8. The SMILES string of the molecule is O=C(Nc1ccc(Cl)cc1)[C@@H]1[C@@H]2C(=O)N(c3ccc(Cl)cc3)C(=O)[C@@H]2[C@H]2C=Cc3ccccc3N21. The molecule has 0 spiro atoms. The Morgan fingerprint density at radius 1 is 0.800 bits per heavy atom. The Labute approximate surface area is 211 Å². The molecule has 0 unspecified atom stereocenters. The van der Waals surface area contributed by atoms with Crippen molar-refractivity contribution in [1.29, 1.82) is 0 Å². The Kier molecular flexibility index (Phi) is 5.16. The number of fused-ring (bicyclic) bond motifs is 5. The van der Waals surface area contributed by atoms with Crippen molar-refractivity contribution in [3.05, 3.63) is 94.5 Å². The molecule has 0 bridgehead atoms. The summed E-state index contributed by atoms with van der Waals surface area (Å²) in [5, 5.41) is 3.98. The zero-order valence-corrected chi connectivity index (χ0v) is 19.8. The minimum absolute atomic E-state index is 0.317. The normalized spacial score (nSPS) is 24.3. The highest BCUT2D eigenvalue weighted by Crippen LogP contribution is 2.49. The lowest BCUT2D eigenvalue weighted by Crippen LogP contribution is -2.50. The molecule has 1 N–H and O–H groups in total. The summed E-state index contributed by atoms with van der Waals surface area (Å²) in [7, 11) is 0. The highest BCUT2D eigenvalue weighted by Gasteiger charge is 2.64. The van der Waals surface area contributed by atoms with Gasteiger partial charge in [-0.2, -0.15) is 0 Å². The zero-order chi connectivity index (χ0) is 24.3. The van der Waals surface area contributed by atoms with Crippen LogP contribution in [0, 0.1) is 11.8 Å². The van der Waals surface area contributed by atoms with E-state index < -0.39 is 23.9 Å². The van der Waals surface area contributed by atoms with E-state index in [1.807, 2.05) is 41.3 Å². The second-order valence-electron chi connectivity index (χ2n) is 8.80. The van der Waals surface area contributed by atoms with E-state index >= 15 is 0 Å². The van der Waals surface area contributed by atoms with Crippen LogP contribution < -0.4 is 15.1 Å². The molecule has 0 aliphatic carbocycles. The molecule has 174 valence electrons. The molecule has 3 aromatic rings. The number of imide groups is 1. The maximum Gasteiger partial charge on any atom is 0.247 e. The lowest BCUT2D eigenvalue weighted by molar-refractivity contribution is -0.126. The smallest absolute Gasteiger partial charge is 0.247 e. The Morgan fingerprint density at radius 3 is 2.14 bits per heavy atom. The number of benzene rings is 3. The highest BCUT2D eigenvalue weighted by molar-refractivity contribution is 6.31. The number of para-hydroxylation sites is 1. The third-order valence-corrected chi connectivity index (χ3v) is 7.38. The molecule has 2 fully saturated rings. The van der Waals surface area contributed by atoms with Crippen molar-refractivity contribution in [2.45, 2.75) is 12.1 Å². The predicted molar refractivity (Wildman–Crippen MR) is 137 cm³/mol. The van der Waals surface area contributed by atoms with Crippen molar-refractivity contribution < 1.29 is 14.4 Å². The van der Waals surface area contributed by atoms with Crippen molar-refractivity contribution >= 4 is 64.1 Å². The van der Waals surface area contributed by atoms with E-state index in [0.29, 0.717) is 21.4 Å². The summed E-state index contributed by atoms with van der Waals surface area (Å²) in [6, 6.07) is 19.7. The second-order valence-corrected chi connectivity index (χ2v) is 9.67. The first-order chi connectivity index (χ1) is 16.9. The van der Waals surface area contributed by atoms with Crippen molar-refractivity contribution in [1.82, 2.24) is 0 Å². The van der Waals surface area contributed by atoms with Crippen LogP contribution in [-0.4, -0.2) is 29.8 Å². The largest absolute Gasteiger partial charge is 0.351 e. The summed E-state index contributed by atoms with van der Waals surface area (Å²) in [4.78, 5) is 44.3. The summed E-state index contributed by atoms with van der Waals surface area (Å²) in [5.41, 5.74) is 2.76. The average Bonchev–Trinajstić information content (AvgIpc) is 3.34. The van der Waals surface area contributed by atoms with E-state index in [4.69, 9.17) is 23.2 Å². The average molecular weight is 504 g/mol. The third kappa shape index (κ3) is 3.44. The molecule has 3 aliphatic heterocycles. The number of hydrogen-bond acceptors (Lipinski definition) is 4. The van der Waals surface area contributed by atoms with Gasteiger partial charge in [0.2, 0.25) is 17.7 Å². The van der Waals surface area contributed by atoms with Crippen LogP contribution in [0.25, 0.3) is 6.08 Å². The summed E-state index contributed by atoms with van der Waals surface area (Å²) >= 11 is 12.0. The standard InChI is InChI=1S/C27H19Cl2N3O3/c28-16-6-10-18(11-7-16)30-25(33)24-23-22(21-14-5-15-3-1-2-4-20(15)32(21)24)26(34)31(27(23)35)19-12-8-17(29)9-13-19/h1-14,21-24H,(H,30,33)/t21-,22-,23-,24+/m1/s1. The molecule has 8 heteroatoms. The molecule has 0 radical (unpaired) electrons. The van der Waals surface area contributed by atoms with E-state index in [1.165, 1.54) is 4.90 Å². The second kappa shape index (κ2) is 8.26. The number of rotatable bonds is 3. The van der Waals surface area contributed by atoms with Crippen molar-refractivity contribution in [3.8, 4) is 0 Å². The highest BCUT2D eigenvalue weighted by atomic mass is 35.5. The van der Waals surface area contributed by atoms with E-state index in [1.54, 1.807) is 48.5 Å². The number of amides is 3. The van der Waals surface area contributed by atoms with Crippen LogP contribution in [0.1, 0.15) is 5.56 Å². The van der Waals surface area contributed by atoms with Crippen molar-refractivity contribution in [3.63, 3.8) is 0 Å². The first-order valence-electron chi connectivity index (χ1n) is 11.2. The Hall–Kier alpha value is -3.61. The minimum atomic E-state index is -0.875. The van der Waals surface area contributed by atoms with Gasteiger partial charge in [0.05, 0.1) is 23.6 Å². The van der Waals surface area contributed by atoms with Gasteiger partial charge in [0.25, 0.3) is 0 Å². The van der Waals surface area contributed by atoms with Crippen LogP contribution >= 0.6 is 23.2 Å². The van der Waals surface area contributed by atoms with Gasteiger partial charge < -0.3 is 10.2 Å². The van der Waals surface area contributed by atoms with Gasteiger partial charge >= 0.3 is 0 Å². The van der Waals surface area contributed by atoms with Gasteiger partial charge in [0, 0.05) is 21.4 Å². The van der Waals surface area contributed by atoms with E-state index in [0.717, 1.165) is 11.3 Å². The van der Waals surface area contributed by atoms with Gasteiger partial charge in [0.15, 0.2) is 0 Å². The number of nitrogens with zero attached hydrogens (tertiary/aromatic N) is 2. The lowest BCUT2D eigenvalue weighted by Gasteiger charge is -2.36. The number of carbonyl (C=O) groups excluding carboxylic acids is 3. The number of anilines is 3. The molecular weight excluding hydrogens is 485 g/mol. The molecule has 3 heterocycles. The summed E-state index contributed by atoms with van der Waals surface area (Å²) < 4.78 is 0. The molecule has 0 saturated carbocycles. The molecule has 3 aliphatic rings. The van der Waals surface area contributed by atoms with Crippen LogP contribution in [-0.2, 0) is 14.4 Å². The number of hydrogen-bond donors (Lipinski definition) is 1. The Bertz CT molecular complexity index is 1390. The Morgan fingerprint density at radius 2 is 1.43 bits per heavy atom. The summed E-state index contributed by atoms with van der Waals surface area (Å²) in [6.07, 6.45) is 3.88. The monoisotopic (exact) mass is 503 g/mol. The maximum atomic E-state index is 13.8. The fraction of sp³-hybridized carbons (Fsp3) is 0.148. The minimum Gasteiger partial charge on any atom is -0.351 e. The third-order valence-electron chi connectivity index (χ3n) is 6.88. The lowest BCUT2D eigenvalue weighted by atomic mass is 9.88. The van der Waals surface area contributed by atoms with E-state index in [2.05, 4.69) is 5.32 Å². The molecule has 2 saturated heterocycles. The van der Waals surface area contributed by atoms with Gasteiger partial charge in [-0.05, 0) is 60.2 Å². The molecule has 6 rings (SSSR count). The van der Waals surface area contributed by atoms with Crippen LogP contribution in [0.2, 0.25) is 10.0 Å². The molecule has 6 nitrogen and oxygen atoms in total. The summed E-state index contributed by atoms with van der Waals surface area (Å²) in [6.45, 7) is 0. The molecule has 3 aromatic carbocycles. The van der Waals surface area contributed by atoms with Crippen LogP contribution in [0.3, 0.4) is 0 Å². The number of carbonyl (C=O) groups is 3. The first kappa shape index (κ1) is 21.9. The van der Waals surface area contributed by atoms with Gasteiger partial charge in [-0.3, -0.25) is 14.4 Å². The quantitative estimate of drug-likeness (QED) is 0.509. The fourth-order valence-corrected chi connectivity index (χ4v) is 5.66. The zero-order valence-electron chi connectivity index (χ0n) is 18.3. The van der Waals surface area contributed by atoms with Gasteiger partial charge in [-0.1, -0.05) is 53.6 Å². The predicted octanol–water partition coefficient (Wildman–Crippen LogP) is 5.02. The van der Waals surface area contributed by atoms with E-state index in [-0.39, 0.29) is 17.7 Å². The number of nitrogens with one attached hydrogen (secondary N) is 1. The Balaban J connectivity index is 1.43. The fourth-order valence-electron chi connectivity index (χ4n) is 5.41. The molecule has 0 aromatic heterocycles. The molecule has 35 heavy (non-hydrogen) atoms. The van der Waals surface area contributed by atoms with Gasteiger partial charge in [-0.15, -0.1) is 0 Å². The van der Waals surface area contributed by atoms with Crippen molar-refractivity contribution in [2.24, 2.45) is 11.8 Å². The summed E-state index contributed by atoms with van der Waals surface area (Å²) in [5.74, 6) is -2.59. The van der Waals surface area contributed by atoms with Gasteiger partial charge in [0.1, 0.15) is 6.04 Å². The van der Waals surface area contributed by atoms with Crippen LogP contribution in [0.4, 0.5) is 17.1 Å². The first-order valence-corrected chi connectivity index (χ1v) is 11.9. The van der Waals surface area contributed by atoms with Gasteiger partial charge in [-0.25, -0.2) is 4.90 Å². The number of halogens is 2. The molecular formula is C27H19Cl2N3O3. The van der Waals surface area contributed by atoms with E-state index in [9.17, 15) is 14.4 Å².